The van der Waals surface area contributed by atoms with E-state index in [1.807, 2.05) is 0 Å². The van der Waals surface area contributed by atoms with E-state index in [-0.39, 0.29) is 6.29 Å². The van der Waals surface area contributed by atoms with Crippen LogP contribution < -0.4 is 0 Å². The molecule has 21 fully saturated rings. The Hall–Kier alpha value is -1.69. The molecule has 20 N–H and O–H groups in total. The zero-order chi connectivity index (χ0) is 56.1. The second kappa shape index (κ2) is 25.8. The Morgan fingerprint density at radius 2 is 0.377 bits per heavy atom. The van der Waals surface area contributed by atoms with E-state index in [1.54, 1.807) is 0 Å². The lowest BCUT2D eigenvalue weighted by Gasteiger charge is -2.50. The molecule has 14 bridgehead atoms. The normalized spacial score (nSPS) is 55.3. The third-order valence-corrected chi connectivity index (χ3v) is 14.7. The number of aliphatic hydroxyl groups excluding tert-OH is 20. The first-order valence-corrected chi connectivity index (χ1v) is 24.5. The first kappa shape index (κ1) is 61.4. The molecule has 0 aromatic rings. The Labute approximate surface area is 433 Å². The largest absolute Gasteiger partial charge is 0.394 e. The molecule has 77 heavy (non-hydrogen) atoms. The average Bonchev–Trinajstić information content (AvgIpc) is 3.45. The maximum absolute atomic E-state index is 12.4. The summed E-state index contributed by atoms with van der Waals surface area (Å²) in [5.74, 6) is 0. The summed E-state index contributed by atoms with van der Waals surface area (Å²) in [5, 5.41) is 220. The van der Waals surface area contributed by atoms with Crippen LogP contribution in [-0.4, -0.2) is 363 Å². The maximum Gasteiger partial charge on any atom is 0.187 e. The summed E-state index contributed by atoms with van der Waals surface area (Å²) in [5.41, 5.74) is 0. The van der Waals surface area contributed by atoms with E-state index in [4.69, 9.17) is 66.3 Å². The molecule has 0 spiro atoms. The summed E-state index contributed by atoms with van der Waals surface area (Å²) in [6.45, 7) is -6.35. The Kier molecular flexibility index (Phi) is 20.6. The minimum absolute atomic E-state index is 0.0401. The molecule has 0 unspecified atom stereocenters. The zero-order valence-corrected chi connectivity index (χ0v) is 40.1. The molecule has 446 valence electrons. The Bertz CT molecular complexity index is 1850. The lowest BCUT2D eigenvalue weighted by molar-refractivity contribution is -0.396. The number of hydrogen-bond donors (Lipinski definition) is 20. The van der Waals surface area contributed by atoms with Crippen molar-refractivity contribution in [3.63, 3.8) is 0 Å². The Balaban J connectivity index is 1.08. The van der Waals surface area contributed by atoms with E-state index >= 15 is 0 Å². The molecule has 0 aromatic carbocycles. The van der Waals surface area contributed by atoms with Crippen molar-refractivity contribution in [2.75, 3.05) is 39.6 Å². The predicted octanol–water partition coefficient (Wildman–Crippen LogP) is -15.0. The van der Waals surface area contributed by atoms with E-state index in [9.17, 15) is 107 Å². The number of carbonyl (C=O) groups is 1. The zero-order valence-electron chi connectivity index (χ0n) is 40.1. The molecule has 35 heteroatoms. The topological polar surface area (TPSA) is 551 Å². The monoisotopic (exact) mass is 1130 g/mol. The highest BCUT2D eigenvalue weighted by Crippen LogP contribution is 2.38. The number of ether oxygens (including phenoxy) is 14. The summed E-state index contributed by atoms with van der Waals surface area (Å²) in [7, 11) is 0. The lowest BCUT2D eigenvalue weighted by Crippen LogP contribution is -2.68. The minimum Gasteiger partial charge on any atom is -0.394 e. The van der Waals surface area contributed by atoms with Gasteiger partial charge in [-0.3, -0.25) is 0 Å². The van der Waals surface area contributed by atoms with Crippen molar-refractivity contribution in [3.05, 3.63) is 0 Å². The van der Waals surface area contributed by atoms with Crippen LogP contribution in [-0.2, 0) is 71.1 Å². The third-order valence-electron chi connectivity index (χ3n) is 14.7. The maximum atomic E-state index is 12.4. The lowest BCUT2D eigenvalue weighted by atomic mass is 9.95. The number of aldehydes is 1. The van der Waals surface area contributed by atoms with Crippen LogP contribution in [0.3, 0.4) is 0 Å². The van der Waals surface area contributed by atoms with Crippen molar-refractivity contribution in [1.29, 1.82) is 0 Å². The van der Waals surface area contributed by atoms with E-state index in [1.165, 1.54) is 0 Å². The first-order chi connectivity index (χ1) is 36.7. The van der Waals surface area contributed by atoms with Gasteiger partial charge in [0.2, 0.25) is 0 Å². The summed E-state index contributed by atoms with van der Waals surface area (Å²) < 4.78 is 79.1. The van der Waals surface area contributed by atoms with Crippen molar-refractivity contribution in [2.45, 2.75) is 215 Å². The number of rotatable bonds is 7. The number of aliphatic hydroxyl groups is 20. The average molecular weight is 1130 g/mol. The number of hydrogen-bond acceptors (Lipinski definition) is 35. The fraction of sp³-hybridized carbons (Fsp3) is 0.976. The predicted molar refractivity (Wildman–Crippen MR) is 227 cm³/mol. The van der Waals surface area contributed by atoms with Crippen LogP contribution in [0.15, 0.2) is 0 Å². The molecular weight excluding hydrogens is 1060 g/mol. The van der Waals surface area contributed by atoms with E-state index in [0.29, 0.717) is 0 Å². The van der Waals surface area contributed by atoms with E-state index < -0.39 is 255 Å². The van der Waals surface area contributed by atoms with Gasteiger partial charge in [0.05, 0.1) is 39.6 Å². The van der Waals surface area contributed by atoms with E-state index in [2.05, 4.69) is 0 Å². The van der Waals surface area contributed by atoms with E-state index in [0.717, 1.165) is 0 Å². The fourth-order valence-corrected chi connectivity index (χ4v) is 10.3. The van der Waals surface area contributed by atoms with Crippen LogP contribution in [0.1, 0.15) is 0 Å². The van der Waals surface area contributed by atoms with Gasteiger partial charge in [0.1, 0.15) is 171 Å². The molecule has 0 aliphatic carbocycles. The van der Waals surface area contributed by atoms with Gasteiger partial charge in [0.15, 0.2) is 50.3 Å². The highest BCUT2D eigenvalue weighted by Gasteiger charge is 2.59. The molecule has 0 radical (unpaired) electrons. The van der Waals surface area contributed by atoms with Crippen molar-refractivity contribution in [3.8, 4) is 0 Å². The minimum atomic E-state index is -2.25. The summed E-state index contributed by atoms with van der Waals surface area (Å²) >= 11 is 0. The SMILES string of the molecule is O=C[C@@H]1O[C@H]2O[C@H]3[C@H](O)[C@@H](O)[C@@H](O[C@H]4[C@H](O)[C@@H](O)[C@@H](O[C@H]5[C@H](O)[C@@H](O)[C@@H](O[C@H]6[C@H](O)[C@@H](O)[C@@H](O[C@H]7[C@H](O)[C@@H](O)[C@@H](O[C@H]8[C@H](O)[C@@H](O)[C@@H](O[C@H]1[C@H](O)[C@H]2O)O[C@@H]8CO)O[C@@H]7CO)O[C@@H]6CO)O[C@@H]5CO)O[C@@H]4CO)O[C@@H]3CO. The van der Waals surface area contributed by atoms with Gasteiger partial charge in [-0.05, 0) is 0 Å². The van der Waals surface area contributed by atoms with Crippen molar-refractivity contribution >= 4 is 6.29 Å². The molecule has 0 amide bonds. The van der Waals surface area contributed by atoms with Crippen LogP contribution in [0.5, 0.6) is 0 Å². The highest BCUT2D eigenvalue weighted by molar-refractivity contribution is 5.57. The van der Waals surface area contributed by atoms with Gasteiger partial charge in [-0.25, -0.2) is 0 Å². The van der Waals surface area contributed by atoms with Crippen LogP contribution in [0.4, 0.5) is 0 Å². The first-order valence-electron chi connectivity index (χ1n) is 24.5. The molecule has 0 saturated carbocycles. The van der Waals surface area contributed by atoms with Crippen LogP contribution >= 0.6 is 0 Å². The van der Waals surface area contributed by atoms with Gasteiger partial charge < -0.3 is 173 Å². The van der Waals surface area contributed by atoms with Gasteiger partial charge in [-0.1, -0.05) is 0 Å². The quantitative estimate of drug-likeness (QED) is 0.105. The van der Waals surface area contributed by atoms with Crippen molar-refractivity contribution in [2.24, 2.45) is 0 Å². The fourth-order valence-electron chi connectivity index (χ4n) is 10.3. The van der Waals surface area contributed by atoms with Gasteiger partial charge in [0.25, 0.3) is 0 Å². The Morgan fingerprint density at radius 3 is 0.545 bits per heavy atom. The van der Waals surface area contributed by atoms with Crippen molar-refractivity contribution < 1.29 is 173 Å². The molecule has 0 aromatic heterocycles. The molecule has 35 atom stereocenters. The second-order valence-corrected chi connectivity index (χ2v) is 19.5. The number of carbonyl (C=O) groups excluding carboxylic acids is 1. The van der Waals surface area contributed by atoms with Crippen LogP contribution in [0.25, 0.3) is 0 Å². The molecular formula is C42H68O35. The summed E-state index contributed by atoms with van der Waals surface area (Å²) in [4.78, 5) is 12.4. The molecule has 21 rings (SSSR count). The highest BCUT2D eigenvalue weighted by atomic mass is 16.8. The molecule has 35 nitrogen and oxygen atoms in total. The van der Waals surface area contributed by atoms with Crippen LogP contribution in [0, 0.1) is 0 Å². The molecule has 21 aliphatic heterocycles. The van der Waals surface area contributed by atoms with Gasteiger partial charge in [0, 0.05) is 0 Å². The van der Waals surface area contributed by atoms with Gasteiger partial charge in [-0.15, -0.1) is 0 Å². The Morgan fingerprint density at radius 1 is 0.221 bits per heavy atom. The van der Waals surface area contributed by atoms with Crippen molar-refractivity contribution in [1.82, 2.24) is 0 Å². The van der Waals surface area contributed by atoms with Gasteiger partial charge in [-0.2, -0.15) is 0 Å². The standard InChI is InChI=1S/C42H68O35/c43-1-8-29-15(50)22(57)36(64-8)72-30-9(2-44)66-38(24(59)17(30)52)74-32-11(4-46)68-40(26(61)19(32)54)76-34-13(6-48)70-42(28(63)21(34)56)77-35-14(7-49)69-41(27(62)20(35)55)75-33-12(5-47)67-39(25(60)18(33)53)73-31-10(3-45)65-37(71-29)23(58)16(31)51/h1,8-42,44-63H,2-7H2/t8-,9+,10+,11+,12+,13+,14+,15+,16+,17+,18+,19+,20+,21+,22+,23+,24+,25+,26+,27+,28+,29+,30+,31+,32+,33+,34+,35+,36-,37+,38+,39+,40+,41+,42+/m0/s1. The summed E-state index contributed by atoms with van der Waals surface area (Å²) in [6.07, 6.45) is -71.2. The van der Waals surface area contributed by atoms with Gasteiger partial charge >= 0.3 is 0 Å². The second-order valence-electron chi connectivity index (χ2n) is 19.5. The third kappa shape index (κ3) is 12.0. The smallest absolute Gasteiger partial charge is 0.187 e. The molecule has 21 heterocycles. The molecule has 21 saturated heterocycles. The van der Waals surface area contributed by atoms with Crippen LogP contribution in [0.2, 0.25) is 0 Å². The summed E-state index contributed by atoms with van der Waals surface area (Å²) in [6, 6.07) is 0. The molecule has 21 aliphatic rings.